The van der Waals surface area contributed by atoms with Gasteiger partial charge in [-0.1, -0.05) is 6.07 Å². The normalized spacial score (nSPS) is 14.6. The van der Waals surface area contributed by atoms with Crippen molar-refractivity contribution in [3.63, 3.8) is 0 Å². The van der Waals surface area contributed by atoms with Gasteiger partial charge in [-0.15, -0.1) is 8.78 Å². The van der Waals surface area contributed by atoms with Gasteiger partial charge >= 0.3 is 6.29 Å². The molecule has 0 atom stereocenters. The van der Waals surface area contributed by atoms with Crippen LogP contribution in [0.2, 0.25) is 0 Å². The zero-order chi connectivity index (χ0) is 15.7. The summed E-state index contributed by atoms with van der Waals surface area (Å²) < 4.78 is 35.5. The predicted octanol–water partition coefficient (Wildman–Crippen LogP) is 1.81. The summed E-state index contributed by atoms with van der Waals surface area (Å²) in [4.78, 5) is 23.4. The van der Waals surface area contributed by atoms with Crippen molar-refractivity contribution in [1.82, 2.24) is 4.57 Å². The maximum absolute atomic E-state index is 12.9. The molecule has 0 saturated carbocycles. The quantitative estimate of drug-likeness (QED) is 0.939. The third-order valence-corrected chi connectivity index (χ3v) is 2.90. The van der Waals surface area contributed by atoms with Crippen molar-refractivity contribution >= 4 is 11.6 Å². The Morgan fingerprint density at radius 3 is 2.73 bits per heavy atom. The van der Waals surface area contributed by atoms with E-state index in [9.17, 15) is 18.4 Å². The lowest BCUT2D eigenvalue weighted by atomic mass is 10.3. The molecule has 0 fully saturated rings. The van der Waals surface area contributed by atoms with E-state index in [0.29, 0.717) is 0 Å². The Morgan fingerprint density at radius 2 is 1.95 bits per heavy atom. The summed E-state index contributed by atoms with van der Waals surface area (Å²) in [5.74, 6) is -0.749. The molecule has 0 radical (unpaired) electrons. The molecule has 1 aromatic heterocycles. The lowest BCUT2D eigenvalue weighted by molar-refractivity contribution is -0.286. The summed E-state index contributed by atoms with van der Waals surface area (Å²) in [5.41, 5.74) is -0.0583. The SMILES string of the molecule is O=C(Cn1ccccc1=O)Nc1ccc2c(c1)OC(F)(F)O2. The van der Waals surface area contributed by atoms with Crippen LogP contribution in [0.5, 0.6) is 11.5 Å². The molecule has 0 aliphatic carbocycles. The number of benzene rings is 1. The molecule has 0 saturated heterocycles. The minimum absolute atomic E-state index is 0.109. The largest absolute Gasteiger partial charge is 0.586 e. The molecule has 1 N–H and O–H groups in total. The second kappa shape index (κ2) is 5.14. The molecule has 3 rings (SSSR count). The van der Waals surface area contributed by atoms with E-state index in [1.165, 1.54) is 35.0 Å². The first kappa shape index (κ1) is 14.1. The minimum Gasteiger partial charge on any atom is -0.395 e. The number of rotatable bonds is 3. The Labute approximate surface area is 122 Å². The average Bonchev–Trinajstić information content (AvgIpc) is 2.74. The fourth-order valence-corrected chi connectivity index (χ4v) is 1.97. The molecule has 22 heavy (non-hydrogen) atoms. The lowest BCUT2D eigenvalue weighted by Crippen LogP contribution is -2.26. The Bertz CT molecular complexity index is 788. The molecule has 1 aliphatic heterocycles. The van der Waals surface area contributed by atoms with Gasteiger partial charge in [-0.3, -0.25) is 9.59 Å². The van der Waals surface area contributed by atoms with E-state index in [1.54, 1.807) is 12.1 Å². The minimum atomic E-state index is -3.71. The van der Waals surface area contributed by atoms with Crippen LogP contribution in [0.15, 0.2) is 47.4 Å². The molecule has 6 nitrogen and oxygen atoms in total. The number of ether oxygens (including phenoxy) is 2. The van der Waals surface area contributed by atoms with Crippen molar-refractivity contribution in [3.8, 4) is 11.5 Å². The van der Waals surface area contributed by atoms with Crippen LogP contribution in [-0.4, -0.2) is 16.8 Å². The number of amides is 1. The van der Waals surface area contributed by atoms with Crippen LogP contribution >= 0.6 is 0 Å². The first-order valence-corrected chi connectivity index (χ1v) is 6.28. The van der Waals surface area contributed by atoms with Crippen LogP contribution in [0.4, 0.5) is 14.5 Å². The van der Waals surface area contributed by atoms with Gasteiger partial charge in [0.1, 0.15) is 6.54 Å². The maximum atomic E-state index is 12.9. The van der Waals surface area contributed by atoms with E-state index in [0.717, 1.165) is 0 Å². The zero-order valence-electron chi connectivity index (χ0n) is 11.1. The predicted molar refractivity (Wildman–Crippen MR) is 72.0 cm³/mol. The van der Waals surface area contributed by atoms with E-state index in [1.807, 2.05) is 0 Å². The number of hydrogen-bond acceptors (Lipinski definition) is 4. The van der Waals surface area contributed by atoms with Crippen LogP contribution in [0.25, 0.3) is 0 Å². The standard InChI is InChI=1S/C14H10F2N2O4/c15-14(16)21-10-5-4-9(7-11(10)22-14)17-12(19)8-18-6-2-1-3-13(18)20/h1-7H,8H2,(H,17,19). The summed E-state index contributed by atoms with van der Waals surface area (Å²) in [5, 5.41) is 2.50. The highest BCUT2D eigenvalue weighted by atomic mass is 19.3. The van der Waals surface area contributed by atoms with Crippen LogP contribution < -0.4 is 20.3 Å². The second-order valence-corrected chi connectivity index (χ2v) is 4.54. The number of anilines is 1. The smallest absolute Gasteiger partial charge is 0.395 e. The van der Waals surface area contributed by atoms with Crippen molar-refractivity contribution < 1.29 is 23.0 Å². The Balaban J connectivity index is 1.71. The van der Waals surface area contributed by atoms with E-state index >= 15 is 0 Å². The Morgan fingerprint density at radius 1 is 1.18 bits per heavy atom. The van der Waals surface area contributed by atoms with Crippen LogP contribution in [0.1, 0.15) is 0 Å². The fourth-order valence-electron chi connectivity index (χ4n) is 1.97. The number of nitrogens with zero attached hydrogens (tertiary/aromatic N) is 1. The van der Waals surface area contributed by atoms with Gasteiger partial charge in [0.2, 0.25) is 5.91 Å². The van der Waals surface area contributed by atoms with Gasteiger partial charge in [0, 0.05) is 24.0 Å². The lowest BCUT2D eigenvalue weighted by Gasteiger charge is -2.07. The number of hydrogen-bond donors (Lipinski definition) is 1. The van der Waals surface area contributed by atoms with E-state index in [4.69, 9.17) is 0 Å². The van der Waals surface area contributed by atoms with E-state index < -0.39 is 12.2 Å². The third kappa shape index (κ3) is 2.90. The van der Waals surface area contributed by atoms with Gasteiger partial charge in [0.15, 0.2) is 11.5 Å². The number of nitrogens with one attached hydrogen (secondary N) is 1. The molecule has 2 heterocycles. The topological polar surface area (TPSA) is 69.6 Å². The fraction of sp³-hybridized carbons (Fsp3) is 0.143. The number of carbonyl (C=O) groups is 1. The third-order valence-electron chi connectivity index (χ3n) is 2.90. The van der Waals surface area contributed by atoms with Gasteiger partial charge < -0.3 is 19.4 Å². The van der Waals surface area contributed by atoms with E-state index in [-0.39, 0.29) is 29.3 Å². The summed E-state index contributed by atoms with van der Waals surface area (Å²) in [6.45, 7) is -0.190. The molecule has 0 bridgehead atoms. The van der Waals surface area contributed by atoms with Gasteiger partial charge in [-0.2, -0.15) is 0 Å². The van der Waals surface area contributed by atoms with Crippen LogP contribution in [-0.2, 0) is 11.3 Å². The molecule has 8 heteroatoms. The van der Waals surface area contributed by atoms with Crippen molar-refractivity contribution in [2.75, 3.05) is 5.32 Å². The summed E-state index contributed by atoms with van der Waals surface area (Å²) in [6, 6.07) is 8.40. The van der Waals surface area contributed by atoms with Crippen molar-refractivity contribution in [1.29, 1.82) is 0 Å². The highest BCUT2D eigenvalue weighted by molar-refractivity contribution is 5.91. The number of aromatic nitrogens is 1. The first-order chi connectivity index (χ1) is 10.4. The number of halogens is 2. The van der Waals surface area contributed by atoms with Crippen molar-refractivity contribution in [3.05, 3.63) is 52.9 Å². The van der Waals surface area contributed by atoms with Crippen molar-refractivity contribution in [2.24, 2.45) is 0 Å². The van der Waals surface area contributed by atoms with Crippen LogP contribution in [0.3, 0.4) is 0 Å². The van der Waals surface area contributed by atoms with Crippen LogP contribution in [0, 0.1) is 0 Å². The molecule has 0 spiro atoms. The molecular formula is C14H10F2N2O4. The molecule has 0 unspecified atom stereocenters. The van der Waals surface area contributed by atoms with Gasteiger partial charge in [-0.05, 0) is 18.2 Å². The van der Waals surface area contributed by atoms with Gasteiger partial charge in [0.05, 0.1) is 0 Å². The molecule has 1 aliphatic rings. The second-order valence-electron chi connectivity index (χ2n) is 4.54. The monoisotopic (exact) mass is 308 g/mol. The Hall–Kier alpha value is -2.90. The maximum Gasteiger partial charge on any atom is 0.586 e. The molecule has 114 valence electrons. The number of fused-ring (bicyclic) bond motifs is 1. The average molecular weight is 308 g/mol. The molecule has 1 amide bonds. The van der Waals surface area contributed by atoms with Gasteiger partial charge in [-0.25, -0.2) is 0 Å². The zero-order valence-corrected chi connectivity index (χ0v) is 11.1. The van der Waals surface area contributed by atoms with Crippen molar-refractivity contribution in [2.45, 2.75) is 12.8 Å². The summed E-state index contributed by atoms with van der Waals surface area (Å²) in [6.07, 6.45) is -2.23. The summed E-state index contributed by atoms with van der Waals surface area (Å²) >= 11 is 0. The van der Waals surface area contributed by atoms with E-state index in [2.05, 4.69) is 14.8 Å². The highest BCUT2D eigenvalue weighted by Crippen LogP contribution is 2.42. The number of alkyl halides is 2. The first-order valence-electron chi connectivity index (χ1n) is 6.28. The molecular weight excluding hydrogens is 298 g/mol. The highest BCUT2D eigenvalue weighted by Gasteiger charge is 2.43. The number of pyridine rings is 1. The Kier molecular flexibility index (Phi) is 3.28. The molecule has 1 aromatic carbocycles. The summed E-state index contributed by atoms with van der Waals surface area (Å²) in [7, 11) is 0. The van der Waals surface area contributed by atoms with Gasteiger partial charge in [0.25, 0.3) is 5.56 Å². The number of carbonyl (C=O) groups excluding carboxylic acids is 1. The molecule has 2 aromatic rings.